The van der Waals surface area contributed by atoms with Crippen molar-refractivity contribution >= 4 is 5.57 Å². The number of allylic oxidation sites excluding steroid dienone is 5. The lowest BCUT2D eigenvalue weighted by Crippen LogP contribution is -2.13. The van der Waals surface area contributed by atoms with Crippen LogP contribution in [0.2, 0.25) is 0 Å². The van der Waals surface area contributed by atoms with Gasteiger partial charge in [0.2, 0.25) is 0 Å². The monoisotopic (exact) mass is 338 g/mol. The molecule has 1 aromatic rings. The van der Waals surface area contributed by atoms with Gasteiger partial charge >= 0.3 is 0 Å². The van der Waals surface area contributed by atoms with E-state index in [1.54, 1.807) is 0 Å². The molecule has 130 valence electrons. The molecule has 24 heavy (non-hydrogen) atoms. The first-order valence-corrected chi connectivity index (χ1v) is 8.25. The van der Waals surface area contributed by atoms with E-state index in [1.165, 1.54) is 6.08 Å². The first-order chi connectivity index (χ1) is 11.5. The summed E-state index contributed by atoms with van der Waals surface area (Å²) in [5.74, 6) is -2.03. The van der Waals surface area contributed by atoms with Gasteiger partial charge in [0.05, 0.1) is 6.33 Å². The van der Waals surface area contributed by atoms with E-state index in [2.05, 4.69) is 6.92 Å². The van der Waals surface area contributed by atoms with Crippen LogP contribution in [0.5, 0.6) is 0 Å². The van der Waals surface area contributed by atoms with Gasteiger partial charge in [-0.2, -0.15) is 0 Å². The Kier molecular flexibility index (Phi) is 6.41. The minimum atomic E-state index is -1.13. The molecule has 0 saturated heterocycles. The van der Waals surface area contributed by atoms with Gasteiger partial charge in [-0.25, -0.2) is 17.6 Å². The van der Waals surface area contributed by atoms with Crippen molar-refractivity contribution in [2.75, 3.05) is 0 Å². The van der Waals surface area contributed by atoms with E-state index in [1.807, 2.05) is 13.0 Å². The summed E-state index contributed by atoms with van der Waals surface area (Å²) in [6.07, 6.45) is 7.37. The molecule has 4 heteroatoms. The lowest BCUT2D eigenvalue weighted by atomic mass is 9.79. The summed E-state index contributed by atoms with van der Waals surface area (Å²) in [5.41, 5.74) is 0.414. The zero-order chi connectivity index (χ0) is 17.7. The van der Waals surface area contributed by atoms with Crippen molar-refractivity contribution in [3.63, 3.8) is 0 Å². The Labute approximate surface area is 140 Å². The lowest BCUT2D eigenvalue weighted by Gasteiger charge is -2.27. The third kappa shape index (κ3) is 4.37. The summed E-state index contributed by atoms with van der Waals surface area (Å²) in [6.45, 7) is 4.03. The van der Waals surface area contributed by atoms with Crippen molar-refractivity contribution in [2.24, 2.45) is 11.8 Å². The van der Waals surface area contributed by atoms with Crippen molar-refractivity contribution < 1.29 is 17.6 Å². The first kappa shape index (κ1) is 18.5. The standard InChI is InChI=1S/C20H22F4/c1-3-14(15-6-4-13(2)5-7-15)10-19(23)17(12-21)16-8-9-18(22)20(24)11-16/h3,8-13,15H,4-7H2,1-2H3/b14-3+,17-12+,19-10+. The largest absolute Gasteiger partial charge is 0.215 e. The van der Waals surface area contributed by atoms with Crippen LogP contribution in [0.25, 0.3) is 5.57 Å². The van der Waals surface area contributed by atoms with Gasteiger partial charge < -0.3 is 0 Å². The Morgan fingerprint density at radius 3 is 2.29 bits per heavy atom. The van der Waals surface area contributed by atoms with Gasteiger partial charge in [0.15, 0.2) is 11.6 Å². The Bertz CT molecular complexity index is 662. The maximum Gasteiger partial charge on any atom is 0.159 e. The Morgan fingerprint density at radius 1 is 1.08 bits per heavy atom. The SMILES string of the molecule is C\C=C(/C=C(F)\C(=C\F)c1ccc(F)c(F)c1)C1CCC(C)CC1. The molecule has 0 nitrogen and oxygen atoms in total. The molecule has 0 amide bonds. The van der Waals surface area contributed by atoms with Gasteiger partial charge in [-0.05, 0) is 60.9 Å². The van der Waals surface area contributed by atoms with E-state index >= 15 is 0 Å². The number of benzene rings is 1. The summed E-state index contributed by atoms with van der Waals surface area (Å²) >= 11 is 0. The molecule has 1 aromatic carbocycles. The van der Waals surface area contributed by atoms with Crippen LogP contribution in [0.1, 0.15) is 45.1 Å². The van der Waals surface area contributed by atoms with Crippen molar-refractivity contribution in [3.05, 3.63) is 65.3 Å². The molecular formula is C20H22F4. The second kappa shape index (κ2) is 8.32. The number of rotatable bonds is 4. The smallest absolute Gasteiger partial charge is 0.159 e. The molecule has 1 aliphatic carbocycles. The van der Waals surface area contributed by atoms with Crippen LogP contribution in [0, 0.1) is 23.5 Å². The Balaban J connectivity index is 2.24. The molecule has 0 unspecified atom stereocenters. The molecule has 0 aromatic heterocycles. The van der Waals surface area contributed by atoms with Crippen LogP contribution in [0.15, 0.2) is 48.1 Å². The molecule has 0 heterocycles. The van der Waals surface area contributed by atoms with Gasteiger partial charge in [-0.3, -0.25) is 0 Å². The van der Waals surface area contributed by atoms with E-state index in [-0.39, 0.29) is 23.4 Å². The van der Waals surface area contributed by atoms with Gasteiger partial charge in [0.1, 0.15) is 5.83 Å². The van der Waals surface area contributed by atoms with E-state index in [4.69, 9.17) is 0 Å². The summed E-state index contributed by atoms with van der Waals surface area (Å²) in [5, 5.41) is 0. The molecule has 0 N–H and O–H groups in total. The van der Waals surface area contributed by atoms with Gasteiger partial charge in [0, 0.05) is 5.57 Å². The van der Waals surface area contributed by atoms with E-state index in [9.17, 15) is 17.6 Å². The van der Waals surface area contributed by atoms with Gasteiger partial charge in [-0.1, -0.05) is 31.9 Å². The number of hydrogen-bond donors (Lipinski definition) is 0. The predicted octanol–water partition coefficient (Wildman–Crippen LogP) is 6.90. The summed E-state index contributed by atoms with van der Waals surface area (Å²) in [6, 6.07) is 2.82. The average Bonchev–Trinajstić information content (AvgIpc) is 2.57. The minimum Gasteiger partial charge on any atom is -0.215 e. The number of halogens is 4. The highest BCUT2D eigenvalue weighted by molar-refractivity contribution is 5.76. The van der Waals surface area contributed by atoms with Crippen LogP contribution in [0.4, 0.5) is 17.6 Å². The molecule has 0 spiro atoms. The average molecular weight is 338 g/mol. The fraction of sp³-hybridized carbons (Fsp3) is 0.400. The zero-order valence-electron chi connectivity index (χ0n) is 14.0. The molecule has 1 fully saturated rings. The molecule has 1 aliphatic rings. The quantitative estimate of drug-likeness (QED) is 0.414. The van der Waals surface area contributed by atoms with E-state index in [0.29, 0.717) is 5.92 Å². The Hall–Kier alpha value is -1.84. The second-order valence-electron chi connectivity index (χ2n) is 6.39. The third-order valence-electron chi connectivity index (χ3n) is 4.71. The summed E-state index contributed by atoms with van der Waals surface area (Å²) in [4.78, 5) is 0. The highest BCUT2D eigenvalue weighted by atomic mass is 19.2. The van der Waals surface area contributed by atoms with Gasteiger partial charge in [-0.15, -0.1) is 0 Å². The molecule has 1 saturated carbocycles. The van der Waals surface area contributed by atoms with E-state index in [0.717, 1.165) is 49.5 Å². The summed E-state index contributed by atoms with van der Waals surface area (Å²) in [7, 11) is 0. The Morgan fingerprint density at radius 2 is 1.75 bits per heavy atom. The van der Waals surface area contributed by atoms with E-state index < -0.39 is 17.5 Å². The molecule has 0 atom stereocenters. The first-order valence-electron chi connectivity index (χ1n) is 8.25. The lowest BCUT2D eigenvalue weighted by molar-refractivity contribution is 0.323. The van der Waals surface area contributed by atoms with Crippen LogP contribution in [-0.4, -0.2) is 0 Å². The highest BCUT2D eigenvalue weighted by Gasteiger charge is 2.21. The van der Waals surface area contributed by atoms with Crippen LogP contribution in [-0.2, 0) is 0 Å². The third-order valence-corrected chi connectivity index (χ3v) is 4.71. The van der Waals surface area contributed by atoms with Crippen molar-refractivity contribution in [2.45, 2.75) is 39.5 Å². The topological polar surface area (TPSA) is 0 Å². The molecule has 0 radical (unpaired) electrons. The highest BCUT2D eigenvalue weighted by Crippen LogP contribution is 2.35. The van der Waals surface area contributed by atoms with Crippen molar-refractivity contribution in [1.82, 2.24) is 0 Å². The van der Waals surface area contributed by atoms with Crippen LogP contribution in [0.3, 0.4) is 0 Å². The second-order valence-corrected chi connectivity index (χ2v) is 6.39. The summed E-state index contributed by atoms with van der Waals surface area (Å²) < 4.78 is 54.1. The predicted molar refractivity (Wildman–Crippen MR) is 89.5 cm³/mol. The van der Waals surface area contributed by atoms with Crippen LogP contribution < -0.4 is 0 Å². The zero-order valence-corrected chi connectivity index (χ0v) is 14.0. The normalized spacial score (nSPS) is 23.5. The van der Waals surface area contributed by atoms with Crippen molar-refractivity contribution in [3.8, 4) is 0 Å². The molecule has 2 rings (SSSR count). The van der Waals surface area contributed by atoms with Crippen molar-refractivity contribution in [1.29, 1.82) is 0 Å². The molecular weight excluding hydrogens is 316 g/mol. The molecule has 0 bridgehead atoms. The maximum atomic E-state index is 14.6. The maximum absolute atomic E-state index is 14.6. The van der Waals surface area contributed by atoms with Crippen LogP contribution >= 0.6 is 0 Å². The fourth-order valence-electron chi connectivity index (χ4n) is 3.17. The number of hydrogen-bond acceptors (Lipinski definition) is 0. The minimum absolute atomic E-state index is 0.0298. The molecule has 0 aliphatic heterocycles. The fourth-order valence-corrected chi connectivity index (χ4v) is 3.17. The van der Waals surface area contributed by atoms with Gasteiger partial charge in [0.25, 0.3) is 0 Å².